The van der Waals surface area contributed by atoms with Crippen LogP contribution in [-0.4, -0.2) is 35.4 Å². The van der Waals surface area contributed by atoms with Gasteiger partial charge in [0.25, 0.3) is 0 Å². The molecule has 0 spiro atoms. The van der Waals surface area contributed by atoms with Gasteiger partial charge in [0.2, 0.25) is 5.91 Å². The maximum Gasteiger partial charge on any atom is 0.223 e. The molecule has 0 N–H and O–H groups in total. The largest absolute Gasteiger partial charge is 0.348 e. The van der Waals surface area contributed by atoms with Crippen LogP contribution in [0.2, 0.25) is 0 Å². The van der Waals surface area contributed by atoms with E-state index in [1.165, 1.54) is 15.3 Å². The predicted molar refractivity (Wildman–Crippen MR) is 99.8 cm³/mol. The summed E-state index contributed by atoms with van der Waals surface area (Å²) in [5.74, 6) is 0.870. The number of piperidine rings is 1. The van der Waals surface area contributed by atoms with Crippen LogP contribution in [0.4, 0.5) is 5.13 Å². The lowest BCUT2D eigenvalue weighted by Crippen LogP contribution is -2.39. The summed E-state index contributed by atoms with van der Waals surface area (Å²) in [4.78, 5) is 24.3. The number of hydrogen-bond donors (Lipinski definition) is 0. The maximum atomic E-state index is 12.7. The first-order valence-corrected chi connectivity index (χ1v) is 10.4. The van der Waals surface area contributed by atoms with E-state index < -0.39 is 0 Å². The summed E-state index contributed by atoms with van der Waals surface area (Å²) in [6, 6.07) is 2.17. The Labute approximate surface area is 151 Å². The van der Waals surface area contributed by atoms with Crippen molar-refractivity contribution in [2.24, 2.45) is 5.92 Å². The van der Waals surface area contributed by atoms with Gasteiger partial charge < -0.3 is 9.80 Å². The molecule has 1 amide bonds. The minimum atomic E-state index is 0.343. The molecule has 0 radical (unpaired) electrons. The van der Waals surface area contributed by atoms with Crippen LogP contribution in [-0.2, 0) is 17.8 Å². The SMILES string of the molecule is Cc1cnc(N2CCC(CC(=O)N3CCc4sccc4C3)CC2)s1. The molecule has 4 nitrogen and oxygen atoms in total. The minimum absolute atomic E-state index is 0.343. The van der Waals surface area contributed by atoms with Crippen molar-refractivity contribution >= 4 is 33.7 Å². The van der Waals surface area contributed by atoms with Crippen LogP contribution >= 0.6 is 22.7 Å². The Morgan fingerprint density at radius 3 is 2.92 bits per heavy atom. The number of amides is 1. The fraction of sp³-hybridized carbons (Fsp3) is 0.556. The smallest absolute Gasteiger partial charge is 0.223 e. The lowest BCUT2D eigenvalue weighted by Gasteiger charge is -2.33. The third-order valence-electron chi connectivity index (χ3n) is 5.12. The van der Waals surface area contributed by atoms with Crippen molar-refractivity contribution in [2.75, 3.05) is 24.5 Å². The topological polar surface area (TPSA) is 36.4 Å². The summed E-state index contributed by atoms with van der Waals surface area (Å²) in [5.41, 5.74) is 1.36. The molecule has 128 valence electrons. The van der Waals surface area contributed by atoms with Gasteiger partial charge in [-0.2, -0.15) is 0 Å². The summed E-state index contributed by atoms with van der Waals surface area (Å²) in [6.07, 6.45) is 5.89. The molecule has 0 saturated carbocycles. The van der Waals surface area contributed by atoms with Crippen LogP contribution in [0.3, 0.4) is 0 Å². The zero-order chi connectivity index (χ0) is 16.5. The maximum absolute atomic E-state index is 12.7. The van der Waals surface area contributed by atoms with E-state index in [1.54, 1.807) is 11.3 Å². The van der Waals surface area contributed by atoms with E-state index in [9.17, 15) is 4.79 Å². The van der Waals surface area contributed by atoms with E-state index >= 15 is 0 Å². The number of carbonyl (C=O) groups excluding carboxylic acids is 1. The molecule has 2 aromatic rings. The predicted octanol–water partition coefficient (Wildman–Crippen LogP) is 3.70. The number of nitrogens with zero attached hydrogens (tertiary/aromatic N) is 3. The van der Waals surface area contributed by atoms with E-state index in [0.29, 0.717) is 18.2 Å². The molecule has 0 atom stereocenters. The van der Waals surface area contributed by atoms with Crippen molar-refractivity contribution in [1.82, 2.24) is 9.88 Å². The van der Waals surface area contributed by atoms with Crippen LogP contribution in [0, 0.1) is 12.8 Å². The van der Waals surface area contributed by atoms with Crippen molar-refractivity contribution in [3.8, 4) is 0 Å². The summed E-state index contributed by atoms with van der Waals surface area (Å²) in [5, 5.41) is 3.28. The highest BCUT2D eigenvalue weighted by molar-refractivity contribution is 7.15. The van der Waals surface area contributed by atoms with Crippen LogP contribution in [0.25, 0.3) is 0 Å². The number of aromatic nitrogens is 1. The van der Waals surface area contributed by atoms with Gasteiger partial charge in [-0.1, -0.05) is 0 Å². The Morgan fingerprint density at radius 2 is 2.17 bits per heavy atom. The molecule has 1 saturated heterocycles. The van der Waals surface area contributed by atoms with E-state index in [1.807, 2.05) is 17.5 Å². The Balaban J connectivity index is 1.29. The second-order valence-electron chi connectivity index (χ2n) is 6.82. The van der Waals surface area contributed by atoms with Gasteiger partial charge in [0.1, 0.15) is 0 Å². The molecule has 6 heteroatoms. The molecule has 2 aliphatic rings. The fourth-order valence-corrected chi connectivity index (χ4v) is 5.35. The molecular weight excluding hydrogens is 338 g/mol. The Hall–Kier alpha value is -1.40. The summed E-state index contributed by atoms with van der Waals surface area (Å²) in [7, 11) is 0. The summed E-state index contributed by atoms with van der Waals surface area (Å²) in [6.45, 7) is 5.86. The van der Waals surface area contributed by atoms with Crippen LogP contribution < -0.4 is 4.90 Å². The fourth-order valence-electron chi connectivity index (χ4n) is 3.65. The number of hydrogen-bond acceptors (Lipinski definition) is 5. The summed E-state index contributed by atoms with van der Waals surface area (Å²) >= 11 is 3.59. The molecule has 2 aliphatic heterocycles. The van der Waals surface area contributed by atoms with E-state index in [2.05, 4.69) is 33.2 Å². The van der Waals surface area contributed by atoms with Crippen molar-refractivity contribution in [1.29, 1.82) is 0 Å². The highest BCUT2D eigenvalue weighted by Gasteiger charge is 2.27. The van der Waals surface area contributed by atoms with Gasteiger partial charge in [-0.3, -0.25) is 4.79 Å². The number of aryl methyl sites for hydroxylation is 1. The average Bonchev–Trinajstić information content (AvgIpc) is 3.23. The number of fused-ring (bicyclic) bond motifs is 1. The number of carbonyl (C=O) groups is 1. The molecule has 0 aliphatic carbocycles. The van der Waals surface area contributed by atoms with E-state index in [4.69, 9.17) is 0 Å². The zero-order valence-electron chi connectivity index (χ0n) is 14.0. The molecule has 2 aromatic heterocycles. The highest BCUT2D eigenvalue weighted by atomic mass is 32.1. The number of rotatable bonds is 3. The van der Waals surface area contributed by atoms with Crippen molar-refractivity contribution < 1.29 is 4.79 Å². The van der Waals surface area contributed by atoms with Gasteiger partial charge in [-0.25, -0.2) is 4.98 Å². The normalized spacial score (nSPS) is 18.7. The quantitative estimate of drug-likeness (QED) is 0.836. The molecule has 1 fully saturated rings. The Kier molecular flexibility index (Phi) is 4.59. The second-order valence-corrected chi connectivity index (χ2v) is 9.04. The molecule has 0 bridgehead atoms. The Bertz CT molecular complexity index is 715. The molecule has 0 aromatic carbocycles. The molecule has 4 heterocycles. The monoisotopic (exact) mass is 361 g/mol. The molecule has 24 heavy (non-hydrogen) atoms. The molecular formula is C18H23N3OS2. The van der Waals surface area contributed by atoms with E-state index in [-0.39, 0.29) is 0 Å². The van der Waals surface area contributed by atoms with Crippen LogP contribution in [0.1, 0.15) is 34.6 Å². The second kappa shape index (κ2) is 6.84. The Morgan fingerprint density at radius 1 is 1.33 bits per heavy atom. The van der Waals surface area contributed by atoms with Crippen molar-refractivity contribution in [3.63, 3.8) is 0 Å². The van der Waals surface area contributed by atoms with Gasteiger partial charge >= 0.3 is 0 Å². The van der Waals surface area contributed by atoms with Gasteiger partial charge in [-0.15, -0.1) is 22.7 Å². The minimum Gasteiger partial charge on any atom is -0.348 e. The van der Waals surface area contributed by atoms with E-state index in [0.717, 1.165) is 50.6 Å². The van der Waals surface area contributed by atoms with Gasteiger partial charge in [0, 0.05) is 48.6 Å². The van der Waals surface area contributed by atoms with Crippen molar-refractivity contribution in [2.45, 2.75) is 39.2 Å². The molecule has 0 unspecified atom stereocenters. The zero-order valence-corrected chi connectivity index (χ0v) is 15.7. The average molecular weight is 362 g/mol. The molecule has 4 rings (SSSR count). The first-order valence-electron chi connectivity index (χ1n) is 8.69. The van der Waals surface area contributed by atoms with Gasteiger partial charge in [0.15, 0.2) is 5.13 Å². The lowest BCUT2D eigenvalue weighted by molar-refractivity contribution is -0.133. The third-order valence-corrected chi connectivity index (χ3v) is 7.11. The van der Waals surface area contributed by atoms with Gasteiger partial charge in [0.05, 0.1) is 0 Å². The first kappa shape index (κ1) is 16.1. The highest BCUT2D eigenvalue weighted by Crippen LogP contribution is 2.30. The third kappa shape index (κ3) is 3.35. The van der Waals surface area contributed by atoms with Gasteiger partial charge in [-0.05, 0) is 49.1 Å². The lowest BCUT2D eigenvalue weighted by atomic mass is 9.93. The van der Waals surface area contributed by atoms with Crippen LogP contribution in [0.5, 0.6) is 0 Å². The first-order chi connectivity index (χ1) is 11.7. The number of thiophene rings is 1. The number of thiazole rings is 1. The number of anilines is 1. The standard InChI is InChI=1S/C18H23N3OS2/c1-13-11-19-18(24-13)20-6-2-14(3-7-20)10-17(22)21-8-4-16-15(12-21)5-9-23-16/h5,9,11,14H,2-4,6-8,10,12H2,1H3. The summed E-state index contributed by atoms with van der Waals surface area (Å²) < 4.78 is 0. The van der Waals surface area contributed by atoms with Crippen molar-refractivity contribution in [3.05, 3.63) is 33.0 Å². The van der Waals surface area contributed by atoms with Crippen LogP contribution in [0.15, 0.2) is 17.6 Å².